The molecular formula is C10H20ClN3O. The van der Waals surface area contributed by atoms with Crippen LogP contribution < -0.4 is 5.32 Å². The molecule has 0 aromatic rings. The standard InChI is InChI=1S/C10H20ClN3O/c1-2-12-10(15)14-8-6-13(7-9-14)5-3-4-11/h2-9H2,1H3,(H,12,15). The minimum atomic E-state index is 0.0643. The molecule has 1 aliphatic heterocycles. The van der Waals surface area contributed by atoms with E-state index >= 15 is 0 Å². The van der Waals surface area contributed by atoms with E-state index in [0.29, 0.717) is 6.54 Å². The van der Waals surface area contributed by atoms with E-state index in [2.05, 4.69) is 10.2 Å². The molecule has 1 rings (SSSR count). The van der Waals surface area contributed by atoms with Crippen LogP contribution in [0.4, 0.5) is 4.79 Å². The Balaban J connectivity index is 2.20. The Labute approximate surface area is 96.6 Å². The molecule has 1 saturated heterocycles. The van der Waals surface area contributed by atoms with E-state index in [1.807, 2.05) is 11.8 Å². The first kappa shape index (κ1) is 12.6. The predicted molar refractivity (Wildman–Crippen MR) is 62.4 cm³/mol. The van der Waals surface area contributed by atoms with Gasteiger partial charge < -0.3 is 10.2 Å². The number of carbonyl (C=O) groups excluding carboxylic acids is 1. The molecule has 0 radical (unpaired) electrons. The van der Waals surface area contributed by atoms with E-state index in [4.69, 9.17) is 11.6 Å². The number of alkyl halides is 1. The summed E-state index contributed by atoms with van der Waals surface area (Å²) in [4.78, 5) is 15.7. The van der Waals surface area contributed by atoms with Gasteiger partial charge in [-0.15, -0.1) is 11.6 Å². The average Bonchev–Trinajstić information content (AvgIpc) is 2.27. The van der Waals surface area contributed by atoms with Crippen LogP contribution in [0.25, 0.3) is 0 Å². The highest BCUT2D eigenvalue weighted by Gasteiger charge is 2.19. The second-order valence-electron chi connectivity index (χ2n) is 3.71. The summed E-state index contributed by atoms with van der Waals surface area (Å²) in [5, 5.41) is 2.82. The minimum Gasteiger partial charge on any atom is -0.338 e. The molecule has 1 N–H and O–H groups in total. The van der Waals surface area contributed by atoms with Crippen molar-refractivity contribution in [2.75, 3.05) is 45.1 Å². The first-order valence-electron chi connectivity index (χ1n) is 5.59. The van der Waals surface area contributed by atoms with Crippen LogP contribution in [0.15, 0.2) is 0 Å². The second kappa shape index (κ2) is 6.90. The molecule has 0 saturated carbocycles. The molecule has 2 amide bonds. The number of nitrogens with one attached hydrogen (secondary N) is 1. The van der Waals surface area contributed by atoms with Gasteiger partial charge in [-0.1, -0.05) is 0 Å². The summed E-state index contributed by atoms with van der Waals surface area (Å²) in [5.74, 6) is 0.719. The zero-order valence-corrected chi connectivity index (χ0v) is 10.1. The maximum Gasteiger partial charge on any atom is 0.317 e. The molecule has 15 heavy (non-hydrogen) atoms. The number of piperazine rings is 1. The van der Waals surface area contributed by atoms with Crippen LogP contribution in [0.2, 0.25) is 0 Å². The average molecular weight is 234 g/mol. The van der Waals surface area contributed by atoms with Crippen LogP contribution in [0.3, 0.4) is 0 Å². The lowest BCUT2D eigenvalue weighted by Crippen LogP contribution is -2.51. The molecule has 1 heterocycles. The molecule has 5 heteroatoms. The van der Waals surface area contributed by atoms with E-state index in [-0.39, 0.29) is 6.03 Å². The van der Waals surface area contributed by atoms with Gasteiger partial charge in [0.05, 0.1) is 0 Å². The Morgan fingerprint density at radius 3 is 2.53 bits per heavy atom. The molecule has 1 aliphatic rings. The van der Waals surface area contributed by atoms with Crippen LogP contribution in [0.1, 0.15) is 13.3 Å². The smallest absolute Gasteiger partial charge is 0.317 e. The number of carbonyl (C=O) groups is 1. The topological polar surface area (TPSA) is 35.6 Å². The van der Waals surface area contributed by atoms with Crippen molar-refractivity contribution in [3.05, 3.63) is 0 Å². The van der Waals surface area contributed by atoms with Gasteiger partial charge in [0.25, 0.3) is 0 Å². The van der Waals surface area contributed by atoms with E-state index in [1.54, 1.807) is 0 Å². The Kier molecular flexibility index (Phi) is 5.79. The van der Waals surface area contributed by atoms with E-state index < -0.39 is 0 Å². The number of hydrogen-bond acceptors (Lipinski definition) is 2. The summed E-state index contributed by atoms with van der Waals surface area (Å²) in [6.07, 6.45) is 1.03. The molecule has 0 unspecified atom stereocenters. The first-order valence-corrected chi connectivity index (χ1v) is 6.12. The number of urea groups is 1. The van der Waals surface area contributed by atoms with Crippen molar-refractivity contribution in [2.45, 2.75) is 13.3 Å². The van der Waals surface area contributed by atoms with Crippen LogP contribution in [-0.4, -0.2) is 61.0 Å². The van der Waals surface area contributed by atoms with E-state index in [9.17, 15) is 4.79 Å². The zero-order chi connectivity index (χ0) is 11.1. The predicted octanol–water partition coefficient (Wildman–Crippen LogP) is 0.962. The second-order valence-corrected chi connectivity index (χ2v) is 4.08. The van der Waals surface area contributed by atoms with Gasteiger partial charge in [-0.25, -0.2) is 4.79 Å². The van der Waals surface area contributed by atoms with Gasteiger partial charge >= 0.3 is 6.03 Å². The molecule has 0 aromatic heterocycles. The van der Waals surface area contributed by atoms with Crippen molar-refractivity contribution in [1.29, 1.82) is 0 Å². The van der Waals surface area contributed by atoms with E-state index in [1.165, 1.54) is 0 Å². The Bertz CT molecular complexity index is 193. The van der Waals surface area contributed by atoms with Gasteiger partial charge in [0.2, 0.25) is 0 Å². The summed E-state index contributed by atoms with van der Waals surface area (Å²) in [6.45, 7) is 7.27. The van der Waals surface area contributed by atoms with E-state index in [0.717, 1.165) is 45.0 Å². The third kappa shape index (κ3) is 4.26. The normalized spacial score (nSPS) is 17.9. The molecule has 1 fully saturated rings. The molecule has 4 nitrogen and oxygen atoms in total. The lowest BCUT2D eigenvalue weighted by molar-refractivity contribution is 0.140. The molecule has 88 valence electrons. The van der Waals surface area contributed by atoms with Crippen molar-refractivity contribution in [3.8, 4) is 0 Å². The molecule has 0 spiro atoms. The maximum atomic E-state index is 11.5. The maximum absolute atomic E-state index is 11.5. The fourth-order valence-electron chi connectivity index (χ4n) is 1.72. The van der Waals surface area contributed by atoms with Gasteiger partial charge in [0, 0.05) is 38.6 Å². The van der Waals surface area contributed by atoms with Crippen LogP contribution in [0.5, 0.6) is 0 Å². The minimum absolute atomic E-state index is 0.0643. The third-order valence-electron chi connectivity index (χ3n) is 2.60. The summed E-state index contributed by atoms with van der Waals surface area (Å²) >= 11 is 5.64. The summed E-state index contributed by atoms with van der Waals surface area (Å²) in [6, 6.07) is 0.0643. The molecule has 0 atom stereocenters. The summed E-state index contributed by atoms with van der Waals surface area (Å²) in [7, 11) is 0. The highest BCUT2D eigenvalue weighted by molar-refractivity contribution is 6.17. The summed E-state index contributed by atoms with van der Waals surface area (Å²) < 4.78 is 0. The monoisotopic (exact) mass is 233 g/mol. The highest BCUT2D eigenvalue weighted by atomic mass is 35.5. The number of nitrogens with zero attached hydrogens (tertiary/aromatic N) is 2. The molecular weight excluding hydrogens is 214 g/mol. The first-order chi connectivity index (χ1) is 7.27. The number of halogens is 1. The third-order valence-corrected chi connectivity index (χ3v) is 2.86. The van der Waals surface area contributed by atoms with Crippen molar-refractivity contribution < 1.29 is 4.79 Å². The highest BCUT2D eigenvalue weighted by Crippen LogP contribution is 2.03. The molecule has 0 aromatic carbocycles. The SMILES string of the molecule is CCNC(=O)N1CCN(CCCCl)CC1. The van der Waals surface area contributed by atoms with Crippen LogP contribution >= 0.6 is 11.6 Å². The number of hydrogen-bond donors (Lipinski definition) is 1. The largest absolute Gasteiger partial charge is 0.338 e. The number of amides is 2. The fourth-order valence-corrected chi connectivity index (χ4v) is 1.84. The van der Waals surface area contributed by atoms with Crippen LogP contribution in [-0.2, 0) is 0 Å². The van der Waals surface area contributed by atoms with Crippen LogP contribution in [0, 0.1) is 0 Å². The Morgan fingerprint density at radius 1 is 1.33 bits per heavy atom. The van der Waals surface area contributed by atoms with Gasteiger partial charge in [-0.3, -0.25) is 4.90 Å². The van der Waals surface area contributed by atoms with Gasteiger partial charge in [0.15, 0.2) is 0 Å². The zero-order valence-electron chi connectivity index (χ0n) is 9.34. The molecule has 0 bridgehead atoms. The Morgan fingerprint density at radius 2 is 2.00 bits per heavy atom. The van der Waals surface area contributed by atoms with Crippen molar-refractivity contribution in [1.82, 2.24) is 15.1 Å². The Hall–Kier alpha value is -0.480. The number of rotatable bonds is 4. The van der Waals surface area contributed by atoms with Gasteiger partial charge in [-0.05, 0) is 19.9 Å². The quantitative estimate of drug-likeness (QED) is 0.735. The van der Waals surface area contributed by atoms with Crippen molar-refractivity contribution in [2.24, 2.45) is 0 Å². The van der Waals surface area contributed by atoms with Crippen molar-refractivity contribution in [3.63, 3.8) is 0 Å². The lowest BCUT2D eigenvalue weighted by Gasteiger charge is -2.34. The van der Waals surface area contributed by atoms with Crippen molar-refractivity contribution >= 4 is 17.6 Å². The fraction of sp³-hybridized carbons (Fsp3) is 0.900. The lowest BCUT2D eigenvalue weighted by atomic mass is 10.3. The summed E-state index contributed by atoms with van der Waals surface area (Å²) in [5.41, 5.74) is 0. The molecule has 0 aliphatic carbocycles. The van der Waals surface area contributed by atoms with Gasteiger partial charge in [0.1, 0.15) is 0 Å². The van der Waals surface area contributed by atoms with Gasteiger partial charge in [-0.2, -0.15) is 0 Å².